The van der Waals surface area contributed by atoms with E-state index in [0.717, 1.165) is 4.90 Å². The monoisotopic (exact) mass is 224 g/mol. The molecule has 0 bridgehead atoms. The lowest BCUT2D eigenvalue weighted by molar-refractivity contribution is -0.0328. The summed E-state index contributed by atoms with van der Waals surface area (Å²) in [5.74, 6) is 0. The molecule has 0 atom stereocenters. The Morgan fingerprint density at radius 2 is 1.46 bits per heavy atom. The average Bonchev–Trinajstić information content (AvgIpc) is 2.03. The molecular formula is C8H7F3S2. The maximum absolute atomic E-state index is 11.9. The molecular weight excluding hydrogens is 217 g/mol. The van der Waals surface area contributed by atoms with Crippen molar-refractivity contribution in [2.24, 2.45) is 0 Å². The standard InChI is InChI=1S/C8H7F3S2/c1-12-6-2-4-7(5-3-6)13-8(9,10)11/h2-5H,1H3. The summed E-state index contributed by atoms with van der Waals surface area (Å²) < 4.78 is 35.6. The zero-order valence-corrected chi connectivity index (χ0v) is 8.39. The Bertz CT molecular complexity index is 266. The number of rotatable bonds is 2. The van der Waals surface area contributed by atoms with Crippen LogP contribution >= 0.6 is 23.5 Å². The van der Waals surface area contributed by atoms with Crippen LogP contribution in [0.2, 0.25) is 0 Å². The fourth-order valence-corrected chi connectivity index (χ4v) is 1.73. The second kappa shape index (κ2) is 4.28. The fourth-order valence-electron chi connectivity index (χ4n) is 0.777. The van der Waals surface area contributed by atoms with E-state index in [2.05, 4.69) is 0 Å². The zero-order chi connectivity index (χ0) is 9.90. The third-order valence-corrected chi connectivity index (χ3v) is 2.78. The fraction of sp³-hybridized carbons (Fsp3) is 0.250. The Balaban J connectivity index is 2.70. The molecule has 0 fully saturated rings. The van der Waals surface area contributed by atoms with Crippen LogP contribution in [0.4, 0.5) is 13.2 Å². The van der Waals surface area contributed by atoms with Crippen LogP contribution in [0.25, 0.3) is 0 Å². The van der Waals surface area contributed by atoms with E-state index in [1.807, 2.05) is 6.26 Å². The molecule has 0 amide bonds. The lowest BCUT2D eigenvalue weighted by atomic mass is 10.4. The molecule has 0 heterocycles. The molecule has 5 heteroatoms. The molecule has 1 aromatic carbocycles. The largest absolute Gasteiger partial charge is 0.446 e. The molecule has 0 aliphatic heterocycles. The Kier molecular flexibility index (Phi) is 3.55. The quantitative estimate of drug-likeness (QED) is 0.696. The summed E-state index contributed by atoms with van der Waals surface area (Å²) in [4.78, 5) is 1.19. The van der Waals surface area contributed by atoms with Gasteiger partial charge >= 0.3 is 5.51 Å². The van der Waals surface area contributed by atoms with Gasteiger partial charge in [0.2, 0.25) is 0 Å². The van der Waals surface area contributed by atoms with Crippen LogP contribution in [0.15, 0.2) is 34.1 Å². The number of hydrogen-bond acceptors (Lipinski definition) is 2. The maximum atomic E-state index is 11.9. The first-order valence-electron chi connectivity index (χ1n) is 3.41. The van der Waals surface area contributed by atoms with Crippen molar-refractivity contribution in [1.29, 1.82) is 0 Å². The second-order valence-corrected chi connectivity index (χ2v) is 4.24. The van der Waals surface area contributed by atoms with Crippen LogP contribution in [0.5, 0.6) is 0 Å². The maximum Gasteiger partial charge on any atom is 0.446 e. The highest BCUT2D eigenvalue weighted by Crippen LogP contribution is 2.37. The molecule has 1 rings (SSSR count). The van der Waals surface area contributed by atoms with Gasteiger partial charge in [-0.05, 0) is 42.3 Å². The highest BCUT2D eigenvalue weighted by atomic mass is 32.2. The highest BCUT2D eigenvalue weighted by molar-refractivity contribution is 8.00. The zero-order valence-electron chi connectivity index (χ0n) is 6.76. The van der Waals surface area contributed by atoms with Crippen LogP contribution in [0, 0.1) is 0 Å². The van der Waals surface area contributed by atoms with Crippen molar-refractivity contribution >= 4 is 23.5 Å². The Morgan fingerprint density at radius 1 is 1.00 bits per heavy atom. The van der Waals surface area contributed by atoms with Crippen molar-refractivity contribution in [2.75, 3.05) is 6.26 Å². The van der Waals surface area contributed by atoms with Gasteiger partial charge in [0.1, 0.15) is 0 Å². The normalized spacial score (nSPS) is 11.7. The van der Waals surface area contributed by atoms with Gasteiger partial charge in [0.25, 0.3) is 0 Å². The summed E-state index contributed by atoms with van der Waals surface area (Å²) in [5.41, 5.74) is -4.19. The third-order valence-electron chi connectivity index (χ3n) is 1.29. The Hall–Kier alpha value is -0.290. The molecule has 0 unspecified atom stereocenters. The van der Waals surface area contributed by atoms with E-state index in [1.54, 1.807) is 12.1 Å². The minimum absolute atomic E-state index is 0.0893. The Labute approximate surface area is 82.9 Å². The number of thioether (sulfide) groups is 2. The first kappa shape index (κ1) is 10.8. The first-order chi connectivity index (χ1) is 6.01. The van der Waals surface area contributed by atoms with E-state index in [-0.39, 0.29) is 16.7 Å². The van der Waals surface area contributed by atoms with Crippen LogP contribution in [0.3, 0.4) is 0 Å². The molecule has 0 saturated carbocycles. The molecule has 0 nitrogen and oxygen atoms in total. The van der Waals surface area contributed by atoms with E-state index in [4.69, 9.17) is 0 Å². The van der Waals surface area contributed by atoms with E-state index < -0.39 is 5.51 Å². The van der Waals surface area contributed by atoms with Crippen molar-refractivity contribution in [3.8, 4) is 0 Å². The number of hydrogen-bond donors (Lipinski definition) is 0. The molecule has 13 heavy (non-hydrogen) atoms. The number of benzene rings is 1. The predicted octanol–water partition coefficient (Wildman–Crippen LogP) is 4.02. The molecule has 0 aliphatic carbocycles. The molecule has 0 saturated heterocycles. The molecule has 1 aromatic rings. The number of alkyl halides is 3. The molecule has 0 aromatic heterocycles. The van der Waals surface area contributed by atoms with Crippen molar-refractivity contribution < 1.29 is 13.2 Å². The topological polar surface area (TPSA) is 0 Å². The van der Waals surface area contributed by atoms with Gasteiger partial charge in [-0.2, -0.15) is 13.2 Å². The summed E-state index contributed by atoms with van der Waals surface area (Å²) in [7, 11) is 0. The minimum atomic E-state index is -4.19. The second-order valence-electron chi connectivity index (χ2n) is 2.22. The third kappa shape index (κ3) is 3.95. The van der Waals surface area contributed by atoms with Gasteiger partial charge in [-0.25, -0.2) is 0 Å². The van der Waals surface area contributed by atoms with Gasteiger partial charge in [-0.3, -0.25) is 0 Å². The molecule has 0 radical (unpaired) electrons. The molecule has 72 valence electrons. The van der Waals surface area contributed by atoms with Crippen molar-refractivity contribution in [1.82, 2.24) is 0 Å². The lowest BCUT2D eigenvalue weighted by Crippen LogP contribution is -1.98. The molecule has 0 N–H and O–H groups in total. The van der Waals surface area contributed by atoms with Crippen LogP contribution < -0.4 is 0 Å². The smallest absolute Gasteiger partial charge is 0.160 e. The Morgan fingerprint density at radius 3 is 1.85 bits per heavy atom. The van der Waals surface area contributed by atoms with Crippen molar-refractivity contribution in [2.45, 2.75) is 15.3 Å². The van der Waals surface area contributed by atoms with Gasteiger partial charge in [-0.1, -0.05) is 0 Å². The van der Waals surface area contributed by atoms with Crippen LogP contribution in [-0.2, 0) is 0 Å². The van der Waals surface area contributed by atoms with E-state index in [9.17, 15) is 13.2 Å². The summed E-state index contributed by atoms with van der Waals surface area (Å²) >= 11 is 1.42. The molecule has 0 aliphatic rings. The van der Waals surface area contributed by atoms with E-state index >= 15 is 0 Å². The first-order valence-corrected chi connectivity index (χ1v) is 5.45. The van der Waals surface area contributed by atoms with Gasteiger partial charge < -0.3 is 0 Å². The summed E-state index contributed by atoms with van der Waals surface area (Å²) in [6.07, 6.45) is 1.88. The summed E-state index contributed by atoms with van der Waals surface area (Å²) in [5, 5.41) is 0. The van der Waals surface area contributed by atoms with Crippen LogP contribution in [0.1, 0.15) is 0 Å². The van der Waals surface area contributed by atoms with Gasteiger partial charge in [0, 0.05) is 9.79 Å². The van der Waals surface area contributed by atoms with E-state index in [0.29, 0.717) is 0 Å². The number of halogens is 3. The van der Waals surface area contributed by atoms with Gasteiger partial charge in [0.15, 0.2) is 0 Å². The summed E-state index contributed by atoms with van der Waals surface area (Å²) in [6.45, 7) is 0. The van der Waals surface area contributed by atoms with Crippen molar-refractivity contribution in [3.05, 3.63) is 24.3 Å². The van der Waals surface area contributed by atoms with E-state index in [1.165, 1.54) is 23.9 Å². The van der Waals surface area contributed by atoms with Gasteiger partial charge in [-0.15, -0.1) is 11.8 Å². The molecule has 0 spiro atoms. The predicted molar refractivity (Wildman–Crippen MR) is 50.1 cm³/mol. The summed E-state index contributed by atoms with van der Waals surface area (Å²) in [6, 6.07) is 6.31. The van der Waals surface area contributed by atoms with Gasteiger partial charge in [0.05, 0.1) is 0 Å². The lowest BCUT2D eigenvalue weighted by Gasteiger charge is -2.05. The van der Waals surface area contributed by atoms with Crippen LogP contribution in [-0.4, -0.2) is 11.8 Å². The highest BCUT2D eigenvalue weighted by Gasteiger charge is 2.28. The SMILES string of the molecule is CSc1ccc(SC(F)(F)F)cc1. The van der Waals surface area contributed by atoms with Crippen molar-refractivity contribution in [3.63, 3.8) is 0 Å². The average molecular weight is 224 g/mol. The minimum Gasteiger partial charge on any atom is -0.160 e.